The van der Waals surface area contributed by atoms with Crippen LogP contribution in [0.5, 0.6) is 0 Å². The molecule has 0 aliphatic carbocycles. The Morgan fingerprint density at radius 1 is 1.11 bits per heavy atom. The lowest BCUT2D eigenvalue weighted by Gasteiger charge is -2.05. The van der Waals surface area contributed by atoms with E-state index in [-0.39, 0.29) is 0 Å². The third-order valence-corrected chi connectivity index (χ3v) is 2.80. The molecule has 2 aromatic heterocycles. The molecule has 0 radical (unpaired) electrons. The Bertz CT molecular complexity index is 534. The van der Waals surface area contributed by atoms with Crippen molar-refractivity contribution in [1.29, 1.82) is 0 Å². The molecule has 6 nitrogen and oxygen atoms in total. The lowest BCUT2D eigenvalue weighted by Crippen LogP contribution is -2.14. The van der Waals surface area contributed by atoms with Gasteiger partial charge in [-0.15, -0.1) is 5.10 Å². The van der Waals surface area contributed by atoms with Crippen molar-refractivity contribution in [2.45, 2.75) is 40.2 Å². The highest BCUT2D eigenvalue weighted by atomic mass is 15.4. The van der Waals surface area contributed by atoms with Crippen LogP contribution >= 0.6 is 0 Å². The molecule has 0 spiro atoms. The van der Waals surface area contributed by atoms with Crippen molar-refractivity contribution in [2.24, 2.45) is 0 Å². The second kappa shape index (κ2) is 6.38. The number of hydrogen-bond acceptors (Lipinski definition) is 5. The fourth-order valence-electron chi connectivity index (χ4n) is 1.79. The molecule has 102 valence electrons. The third-order valence-electron chi connectivity index (χ3n) is 2.80. The Labute approximate surface area is 113 Å². The Hall–Kier alpha value is -1.82. The van der Waals surface area contributed by atoms with E-state index < -0.39 is 0 Å². The minimum absolute atomic E-state index is 0.716. The Morgan fingerprint density at radius 2 is 1.95 bits per heavy atom. The van der Waals surface area contributed by atoms with Gasteiger partial charge in [0.1, 0.15) is 5.82 Å². The van der Waals surface area contributed by atoms with E-state index in [2.05, 4.69) is 39.2 Å². The summed E-state index contributed by atoms with van der Waals surface area (Å²) >= 11 is 0. The molecular weight excluding hydrogens is 240 g/mol. The zero-order chi connectivity index (χ0) is 13.7. The van der Waals surface area contributed by atoms with E-state index in [1.54, 1.807) is 17.1 Å². The molecule has 0 saturated carbocycles. The molecule has 19 heavy (non-hydrogen) atoms. The summed E-state index contributed by atoms with van der Waals surface area (Å²) in [4.78, 5) is 13.3. The van der Waals surface area contributed by atoms with Gasteiger partial charge in [0.05, 0.1) is 11.9 Å². The standard InChI is InChI=1S/C13H20N6/c1-4-11-17-12(5-2)19(18-11)13-9-15-8-10(16-13)7-14-6-3/h8-9,14H,4-7H2,1-3H3. The summed E-state index contributed by atoms with van der Waals surface area (Å²) in [7, 11) is 0. The molecule has 0 bridgehead atoms. The first kappa shape index (κ1) is 13.6. The molecule has 2 aromatic rings. The molecule has 0 fully saturated rings. The fraction of sp³-hybridized carbons (Fsp3) is 0.538. The molecule has 0 unspecified atom stereocenters. The minimum Gasteiger partial charge on any atom is -0.311 e. The van der Waals surface area contributed by atoms with Crippen molar-refractivity contribution in [3.8, 4) is 5.82 Å². The van der Waals surface area contributed by atoms with Crippen molar-refractivity contribution >= 4 is 0 Å². The maximum Gasteiger partial charge on any atom is 0.174 e. The van der Waals surface area contributed by atoms with Gasteiger partial charge in [-0.3, -0.25) is 4.98 Å². The molecule has 6 heteroatoms. The smallest absolute Gasteiger partial charge is 0.174 e. The van der Waals surface area contributed by atoms with Crippen LogP contribution in [0.3, 0.4) is 0 Å². The predicted octanol–water partition coefficient (Wildman–Crippen LogP) is 1.29. The number of nitrogens with zero attached hydrogens (tertiary/aromatic N) is 5. The van der Waals surface area contributed by atoms with E-state index in [9.17, 15) is 0 Å². The monoisotopic (exact) mass is 260 g/mol. The van der Waals surface area contributed by atoms with Crippen molar-refractivity contribution in [1.82, 2.24) is 30.0 Å². The summed E-state index contributed by atoms with van der Waals surface area (Å²) < 4.78 is 1.79. The second-order valence-corrected chi connectivity index (χ2v) is 4.21. The molecule has 0 atom stereocenters. The van der Waals surface area contributed by atoms with Gasteiger partial charge < -0.3 is 5.32 Å². The average molecular weight is 260 g/mol. The zero-order valence-corrected chi connectivity index (χ0v) is 11.7. The first-order valence-corrected chi connectivity index (χ1v) is 6.75. The van der Waals surface area contributed by atoms with Gasteiger partial charge in [-0.2, -0.15) is 4.68 Å². The second-order valence-electron chi connectivity index (χ2n) is 4.21. The quantitative estimate of drug-likeness (QED) is 0.847. The number of hydrogen-bond donors (Lipinski definition) is 1. The minimum atomic E-state index is 0.716. The molecule has 2 rings (SSSR count). The van der Waals surface area contributed by atoms with Crippen LogP contribution < -0.4 is 5.32 Å². The molecule has 2 heterocycles. The number of aromatic nitrogens is 5. The van der Waals surface area contributed by atoms with Gasteiger partial charge in [-0.25, -0.2) is 9.97 Å². The fourth-order valence-corrected chi connectivity index (χ4v) is 1.79. The molecule has 0 aliphatic heterocycles. The molecule has 0 aliphatic rings. The van der Waals surface area contributed by atoms with Crippen molar-refractivity contribution in [3.05, 3.63) is 29.7 Å². The SMILES string of the molecule is CCNCc1cncc(-n2nc(CC)nc2CC)n1. The van der Waals surface area contributed by atoms with Gasteiger partial charge >= 0.3 is 0 Å². The first-order valence-electron chi connectivity index (χ1n) is 6.75. The number of aryl methyl sites for hydroxylation is 2. The van der Waals surface area contributed by atoms with Crippen LogP contribution in [-0.4, -0.2) is 31.3 Å². The normalized spacial score (nSPS) is 10.9. The van der Waals surface area contributed by atoms with Crippen LogP contribution in [0, 0.1) is 0 Å². The Kier molecular flexibility index (Phi) is 4.57. The number of rotatable bonds is 6. The van der Waals surface area contributed by atoms with Gasteiger partial charge in [-0.1, -0.05) is 20.8 Å². The zero-order valence-electron chi connectivity index (χ0n) is 11.7. The molecule has 0 saturated heterocycles. The van der Waals surface area contributed by atoms with Crippen LogP contribution in [0.15, 0.2) is 12.4 Å². The highest BCUT2D eigenvalue weighted by molar-refractivity contribution is 5.20. The van der Waals surface area contributed by atoms with E-state index in [0.29, 0.717) is 6.54 Å². The van der Waals surface area contributed by atoms with Crippen molar-refractivity contribution < 1.29 is 0 Å². The summed E-state index contributed by atoms with van der Waals surface area (Å²) in [6.45, 7) is 7.81. The van der Waals surface area contributed by atoms with Crippen LogP contribution in [0.2, 0.25) is 0 Å². The average Bonchev–Trinajstić information content (AvgIpc) is 2.89. The maximum atomic E-state index is 4.57. The van der Waals surface area contributed by atoms with Crippen LogP contribution in [-0.2, 0) is 19.4 Å². The number of nitrogens with one attached hydrogen (secondary N) is 1. The van der Waals surface area contributed by atoms with Crippen molar-refractivity contribution in [2.75, 3.05) is 6.54 Å². The van der Waals surface area contributed by atoms with Crippen molar-refractivity contribution in [3.63, 3.8) is 0 Å². The maximum absolute atomic E-state index is 4.57. The molecular formula is C13H20N6. The topological polar surface area (TPSA) is 68.5 Å². The Morgan fingerprint density at radius 3 is 2.63 bits per heavy atom. The van der Waals surface area contributed by atoms with E-state index >= 15 is 0 Å². The van der Waals surface area contributed by atoms with E-state index in [4.69, 9.17) is 0 Å². The summed E-state index contributed by atoms with van der Waals surface area (Å²) in [5.74, 6) is 2.50. The van der Waals surface area contributed by atoms with Crippen LogP contribution in [0.1, 0.15) is 38.1 Å². The van der Waals surface area contributed by atoms with Gasteiger partial charge in [0.15, 0.2) is 11.6 Å². The highest BCUT2D eigenvalue weighted by Crippen LogP contribution is 2.08. The van der Waals surface area contributed by atoms with Gasteiger partial charge in [0, 0.05) is 25.6 Å². The van der Waals surface area contributed by atoms with Crippen LogP contribution in [0.25, 0.3) is 5.82 Å². The van der Waals surface area contributed by atoms with Crippen LogP contribution in [0.4, 0.5) is 0 Å². The summed E-state index contributed by atoms with van der Waals surface area (Å²) in [5.41, 5.74) is 0.912. The van der Waals surface area contributed by atoms with E-state index in [0.717, 1.165) is 42.5 Å². The first-order chi connectivity index (χ1) is 9.28. The Balaban J connectivity index is 2.32. The van der Waals surface area contributed by atoms with Gasteiger partial charge in [-0.05, 0) is 6.54 Å². The highest BCUT2D eigenvalue weighted by Gasteiger charge is 2.10. The van der Waals surface area contributed by atoms with Gasteiger partial charge in [0.2, 0.25) is 0 Å². The lowest BCUT2D eigenvalue weighted by molar-refractivity contribution is 0.693. The molecule has 0 amide bonds. The van der Waals surface area contributed by atoms with E-state index in [1.807, 2.05) is 6.92 Å². The largest absolute Gasteiger partial charge is 0.311 e. The summed E-state index contributed by atoms with van der Waals surface area (Å²) in [5, 5.41) is 7.71. The molecule has 0 aromatic carbocycles. The summed E-state index contributed by atoms with van der Waals surface area (Å²) in [6.07, 6.45) is 5.15. The third kappa shape index (κ3) is 3.14. The summed E-state index contributed by atoms with van der Waals surface area (Å²) in [6, 6.07) is 0. The lowest BCUT2D eigenvalue weighted by atomic mass is 10.4. The van der Waals surface area contributed by atoms with Gasteiger partial charge in [0.25, 0.3) is 0 Å². The molecule has 1 N–H and O–H groups in total. The predicted molar refractivity (Wildman–Crippen MR) is 73.1 cm³/mol. The van der Waals surface area contributed by atoms with E-state index in [1.165, 1.54) is 0 Å².